The molecule has 0 fully saturated rings. The minimum atomic E-state index is -0.513. The summed E-state index contributed by atoms with van der Waals surface area (Å²) < 4.78 is 6.81. The van der Waals surface area contributed by atoms with Gasteiger partial charge in [-0.05, 0) is 50.6 Å². The summed E-state index contributed by atoms with van der Waals surface area (Å²) in [6.45, 7) is 5.79. The first kappa shape index (κ1) is 23.4. The molecule has 3 aromatic rings. The predicted molar refractivity (Wildman–Crippen MR) is 124 cm³/mol. The highest BCUT2D eigenvalue weighted by molar-refractivity contribution is 5.90. The van der Waals surface area contributed by atoms with Gasteiger partial charge in [-0.3, -0.25) is 14.9 Å². The lowest BCUT2D eigenvalue weighted by molar-refractivity contribution is -0.385. The average molecular weight is 448 g/mol. The Bertz CT molecular complexity index is 1260. The number of carbonyl (C=O) groups is 2. The predicted octanol–water partition coefficient (Wildman–Crippen LogP) is 3.79. The molecule has 0 atom stereocenters. The first-order valence-electron chi connectivity index (χ1n) is 10.2. The number of nitro benzene ring substituents is 1. The number of nitrogens with one attached hydrogen (secondary N) is 1. The molecule has 0 bridgehead atoms. The van der Waals surface area contributed by atoms with Crippen molar-refractivity contribution in [2.45, 2.75) is 27.2 Å². The van der Waals surface area contributed by atoms with E-state index in [-0.39, 0.29) is 12.1 Å². The lowest BCUT2D eigenvalue weighted by Gasteiger charge is -2.13. The zero-order valence-corrected chi connectivity index (χ0v) is 18.8. The van der Waals surface area contributed by atoms with E-state index >= 15 is 0 Å². The fraction of sp³-hybridized carbons (Fsp3) is 0.208. The number of methoxy groups -OCH3 is 1. The lowest BCUT2D eigenvalue weighted by atomic mass is 10.1. The second-order valence-electron chi connectivity index (χ2n) is 7.51. The van der Waals surface area contributed by atoms with Gasteiger partial charge in [0.15, 0.2) is 0 Å². The largest absolute Gasteiger partial charge is 0.465 e. The maximum absolute atomic E-state index is 12.2. The summed E-state index contributed by atoms with van der Waals surface area (Å²) >= 11 is 0. The van der Waals surface area contributed by atoms with Gasteiger partial charge in [-0.25, -0.2) is 10.2 Å². The first-order valence-corrected chi connectivity index (χ1v) is 10.2. The molecule has 0 saturated heterocycles. The Morgan fingerprint density at radius 1 is 1.15 bits per heavy atom. The van der Waals surface area contributed by atoms with Gasteiger partial charge < -0.3 is 9.30 Å². The van der Waals surface area contributed by atoms with Crippen LogP contribution in [0.5, 0.6) is 0 Å². The number of hydrazone groups is 1. The van der Waals surface area contributed by atoms with E-state index in [1.165, 1.54) is 19.4 Å². The summed E-state index contributed by atoms with van der Waals surface area (Å²) in [5.41, 5.74) is 7.59. The van der Waals surface area contributed by atoms with Crippen LogP contribution in [0.4, 0.5) is 5.69 Å². The number of esters is 1. The van der Waals surface area contributed by atoms with Crippen molar-refractivity contribution in [2.75, 3.05) is 7.11 Å². The number of amides is 1. The number of rotatable bonds is 7. The van der Waals surface area contributed by atoms with Crippen molar-refractivity contribution in [3.8, 4) is 5.69 Å². The van der Waals surface area contributed by atoms with Gasteiger partial charge in [-0.2, -0.15) is 5.10 Å². The minimum absolute atomic E-state index is 0.103. The van der Waals surface area contributed by atoms with Crippen molar-refractivity contribution < 1.29 is 19.2 Å². The molecular formula is C24H24N4O5. The van der Waals surface area contributed by atoms with E-state index in [9.17, 15) is 19.7 Å². The molecular weight excluding hydrogens is 424 g/mol. The van der Waals surface area contributed by atoms with Crippen LogP contribution in [0.25, 0.3) is 5.69 Å². The second kappa shape index (κ2) is 9.90. The summed E-state index contributed by atoms with van der Waals surface area (Å²) in [4.78, 5) is 34.6. The number of aromatic nitrogens is 1. The number of nitrogens with zero attached hydrogens (tertiary/aromatic N) is 3. The molecule has 0 aliphatic carbocycles. The third kappa shape index (κ3) is 5.15. The van der Waals surface area contributed by atoms with E-state index in [4.69, 9.17) is 4.74 Å². The van der Waals surface area contributed by atoms with Crippen molar-refractivity contribution in [1.29, 1.82) is 0 Å². The molecule has 2 aromatic carbocycles. The molecule has 1 amide bonds. The third-order valence-electron chi connectivity index (χ3n) is 5.26. The zero-order valence-electron chi connectivity index (χ0n) is 18.8. The molecule has 0 radical (unpaired) electrons. The second-order valence-corrected chi connectivity index (χ2v) is 7.51. The maximum Gasteiger partial charge on any atom is 0.337 e. The summed E-state index contributed by atoms with van der Waals surface area (Å²) in [7, 11) is 1.34. The van der Waals surface area contributed by atoms with Crippen LogP contribution in [0.1, 0.15) is 38.4 Å². The quantitative estimate of drug-likeness (QED) is 0.255. The van der Waals surface area contributed by atoms with E-state index in [0.29, 0.717) is 11.1 Å². The Morgan fingerprint density at radius 3 is 2.55 bits per heavy atom. The molecule has 3 rings (SSSR count). The molecule has 1 N–H and O–H groups in total. The standard InChI is InChI=1S/C24H24N4O5/c1-15-11-19(24(30)33-4)9-10-21(15)27-16(2)12-20(17(27)3)14-25-26-23(29)13-18-7-5-6-8-22(18)28(31)32/h5-12,14H,13H2,1-4H3,(H,26,29)/b25-14+. The molecule has 0 aliphatic heterocycles. The van der Waals surface area contributed by atoms with Gasteiger partial charge in [0.1, 0.15) is 0 Å². The number of aryl methyl sites for hydroxylation is 2. The minimum Gasteiger partial charge on any atom is -0.465 e. The zero-order chi connectivity index (χ0) is 24.1. The molecule has 1 aromatic heterocycles. The molecule has 0 aliphatic rings. The average Bonchev–Trinajstić information content (AvgIpc) is 3.06. The number of hydrogen-bond donors (Lipinski definition) is 1. The number of benzene rings is 2. The van der Waals surface area contributed by atoms with E-state index in [0.717, 1.165) is 28.2 Å². The van der Waals surface area contributed by atoms with Gasteiger partial charge >= 0.3 is 5.97 Å². The Kier molecular flexibility index (Phi) is 7.02. The Balaban J connectivity index is 1.76. The van der Waals surface area contributed by atoms with Crippen molar-refractivity contribution in [3.63, 3.8) is 0 Å². The first-order chi connectivity index (χ1) is 15.7. The molecule has 0 spiro atoms. The van der Waals surface area contributed by atoms with Crippen LogP contribution in [0.15, 0.2) is 53.6 Å². The van der Waals surface area contributed by atoms with Crippen molar-refractivity contribution in [2.24, 2.45) is 5.10 Å². The number of para-hydroxylation sites is 1. The van der Waals surface area contributed by atoms with E-state index in [1.807, 2.05) is 37.5 Å². The monoisotopic (exact) mass is 448 g/mol. The van der Waals surface area contributed by atoms with Gasteiger partial charge in [0.25, 0.3) is 5.69 Å². The molecule has 33 heavy (non-hydrogen) atoms. The topological polar surface area (TPSA) is 116 Å². The number of hydrogen-bond acceptors (Lipinski definition) is 6. The van der Waals surface area contributed by atoms with Gasteiger partial charge in [-0.15, -0.1) is 0 Å². The van der Waals surface area contributed by atoms with Gasteiger partial charge in [0, 0.05) is 34.3 Å². The summed E-state index contributed by atoms with van der Waals surface area (Å²) in [5.74, 6) is -0.849. The van der Waals surface area contributed by atoms with Crippen molar-refractivity contribution in [3.05, 3.63) is 92.3 Å². The van der Waals surface area contributed by atoms with Gasteiger partial charge in [0.05, 0.1) is 30.2 Å². The highest BCUT2D eigenvalue weighted by Crippen LogP contribution is 2.24. The summed E-state index contributed by atoms with van der Waals surface area (Å²) in [5, 5.41) is 15.1. The van der Waals surface area contributed by atoms with Crippen molar-refractivity contribution >= 4 is 23.8 Å². The molecule has 1 heterocycles. The van der Waals surface area contributed by atoms with Crippen LogP contribution in [-0.2, 0) is 16.0 Å². The third-order valence-corrected chi connectivity index (χ3v) is 5.26. The Hall–Kier alpha value is -4.27. The number of ether oxygens (including phenoxy) is 1. The molecule has 0 unspecified atom stereocenters. The molecule has 0 saturated carbocycles. The van der Waals surface area contributed by atoms with Crippen molar-refractivity contribution in [1.82, 2.24) is 9.99 Å². The maximum atomic E-state index is 12.2. The van der Waals surface area contributed by atoms with E-state index in [1.54, 1.807) is 30.3 Å². The van der Waals surface area contributed by atoms with Gasteiger partial charge in [-0.1, -0.05) is 18.2 Å². The lowest BCUT2D eigenvalue weighted by Crippen LogP contribution is -2.20. The van der Waals surface area contributed by atoms with E-state index in [2.05, 4.69) is 10.5 Å². The molecule has 9 nitrogen and oxygen atoms in total. The van der Waals surface area contributed by atoms with Crippen LogP contribution in [-0.4, -0.2) is 34.7 Å². The number of carbonyl (C=O) groups excluding carboxylic acids is 2. The van der Waals surface area contributed by atoms with Crippen LogP contribution in [0.3, 0.4) is 0 Å². The normalized spacial score (nSPS) is 10.9. The smallest absolute Gasteiger partial charge is 0.337 e. The SMILES string of the molecule is COC(=O)c1ccc(-n2c(C)cc(/C=N/NC(=O)Cc3ccccc3[N+](=O)[O-])c2C)c(C)c1. The fourth-order valence-electron chi connectivity index (χ4n) is 3.66. The molecule has 9 heteroatoms. The Labute approximate surface area is 190 Å². The van der Waals surface area contributed by atoms with E-state index < -0.39 is 16.8 Å². The summed E-state index contributed by atoms with van der Waals surface area (Å²) in [6.07, 6.45) is 1.38. The summed E-state index contributed by atoms with van der Waals surface area (Å²) in [6, 6.07) is 13.4. The van der Waals surface area contributed by atoms with Crippen LogP contribution < -0.4 is 5.43 Å². The Morgan fingerprint density at radius 2 is 1.88 bits per heavy atom. The van der Waals surface area contributed by atoms with Crippen LogP contribution in [0, 0.1) is 30.9 Å². The fourth-order valence-corrected chi connectivity index (χ4v) is 3.66. The highest BCUT2D eigenvalue weighted by Gasteiger charge is 2.16. The number of nitro groups is 1. The van der Waals surface area contributed by atoms with Crippen LogP contribution >= 0.6 is 0 Å². The van der Waals surface area contributed by atoms with Gasteiger partial charge in [0.2, 0.25) is 5.91 Å². The molecule has 170 valence electrons. The highest BCUT2D eigenvalue weighted by atomic mass is 16.6. The van der Waals surface area contributed by atoms with Crippen LogP contribution in [0.2, 0.25) is 0 Å².